The smallest absolute Gasteiger partial charge is 0.272 e. The highest BCUT2D eigenvalue weighted by atomic mass is 16.5. The minimum Gasteiger partial charge on any atom is -0.475 e. The second-order valence-electron chi connectivity index (χ2n) is 8.77. The van der Waals surface area contributed by atoms with Crippen LogP contribution in [0.15, 0.2) is 12.1 Å². The predicted molar refractivity (Wildman–Crippen MR) is 99.6 cm³/mol. The molecular weight excluding hydrogens is 328 g/mol. The van der Waals surface area contributed by atoms with E-state index >= 15 is 0 Å². The average Bonchev–Trinajstić information content (AvgIpc) is 3.34. The van der Waals surface area contributed by atoms with E-state index in [1.165, 1.54) is 12.8 Å². The van der Waals surface area contributed by atoms with Gasteiger partial charge in [-0.2, -0.15) is 0 Å². The zero-order valence-electron chi connectivity index (χ0n) is 16.0. The third-order valence-corrected chi connectivity index (χ3v) is 5.96. The Hall–Kier alpha value is -1.62. The normalized spacial score (nSPS) is 25.3. The first-order chi connectivity index (χ1) is 12.5. The first-order valence-corrected chi connectivity index (χ1v) is 10.1. The fourth-order valence-corrected chi connectivity index (χ4v) is 3.82. The standard InChI is InChI=1S/C21H30N2O3/c1-21(2)9-11-23(12-10-21)20(24)18-8-7-17(15-5-6-15)19(22-18)26-14-16-4-3-13-25-16/h7-8,15-16H,3-6,9-14H2,1-2H3. The van der Waals surface area contributed by atoms with Gasteiger partial charge in [-0.15, -0.1) is 0 Å². The van der Waals surface area contributed by atoms with Crippen molar-refractivity contribution in [3.63, 3.8) is 0 Å². The zero-order valence-corrected chi connectivity index (χ0v) is 16.0. The first-order valence-electron chi connectivity index (χ1n) is 10.1. The molecule has 1 unspecified atom stereocenters. The largest absolute Gasteiger partial charge is 0.475 e. The highest BCUT2D eigenvalue weighted by Gasteiger charge is 2.31. The lowest BCUT2D eigenvalue weighted by Crippen LogP contribution is -2.41. The number of carbonyl (C=O) groups excluding carboxylic acids is 1. The molecule has 3 fully saturated rings. The molecule has 26 heavy (non-hydrogen) atoms. The van der Waals surface area contributed by atoms with Crippen LogP contribution in [0.5, 0.6) is 5.88 Å². The lowest BCUT2D eigenvalue weighted by molar-refractivity contribution is 0.0612. The Balaban J connectivity index is 1.47. The predicted octanol–water partition coefficient (Wildman–Crippen LogP) is 3.78. The Bertz CT molecular complexity index is 653. The van der Waals surface area contributed by atoms with Gasteiger partial charge in [-0.25, -0.2) is 4.98 Å². The van der Waals surface area contributed by atoms with Crippen molar-refractivity contribution >= 4 is 5.91 Å². The van der Waals surface area contributed by atoms with Gasteiger partial charge in [-0.3, -0.25) is 4.79 Å². The van der Waals surface area contributed by atoms with Crippen molar-refractivity contribution in [2.75, 3.05) is 26.3 Å². The molecule has 1 aromatic rings. The summed E-state index contributed by atoms with van der Waals surface area (Å²) >= 11 is 0. The summed E-state index contributed by atoms with van der Waals surface area (Å²) in [6, 6.07) is 3.94. The Morgan fingerprint density at radius 1 is 1.27 bits per heavy atom. The summed E-state index contributed by atoms with van der Waals surface area (Å²) in [6.07, 6.45) is 6.76. The number of amides is 1. The number of likely N-dealkylation sites (tertiary alicyclic amines) is 1. The number of hydrogen-bond donors (Lipinski definition) is 0. The number of piperidine rings is 1. The van der Waals surface area contributed by atoms with Crippen LogP contribution < -0.4 is 4.74 Å². The quantitative estimate of drug-likeness (QED) is 0.804. The molecule has 0 spiro atoms. The summed E-state index contributed by atoms with van der Waals surface area (Å²) in [6.45, 7) is 7.51. The summed E-state index contributed by atoms with van der Waals surface area (Å²) in [4.78, 5) is 19.5. The van der Waals surface area contributed by atoms with E-state index in [-0.39, 0.29) is 12.0 Å². The van der Waals surface area contributed by atoms with Crippen LogP contribution in [0.3, 0.4) is 0 Å². The van der Waals surface area contributed by atoms with Crippen molar-refractivity contribution in [2.45, 2.75) is 64.4 Å². The zero-order chi connectivity index (χ0) is 18.1. The monoisotopic (exact) mass is 358 g/mol. The van der Waals surface area contributed by atoms with Crippen molar-refractivity contribution in [1.82, 2.24) is 9.88 Å². The minimum absolute atomic E-state index is 0.0322. The van der Waals surface area contributed by atoms with Crippen LogP contribution in [0.4, 0.5) is 0 Å². The van der Waals surface area contributed by atoms with E-state index in [1.807, 2.05) is 11.0 Å². The molecule has 2 aliphatic heterocycles. The molecule has 1 saturated carbocycles. The maximum Gasteiger partial charge on any atom is 0.272 e. The maximum atomic E-state index is 12.9. The van der Waals surface area contributed by atoms with Gasteiger partial charge in [0.15, 0.2) is 0 Å². The Labute approximate surface area is 156 Å². The molecule has 1 amide bonds. The lowest BCUT2D eigenvalue weighted by Gasteiger charge is -2.36. The molecule has 1 aromatic heterocycles. The third kappa shape index (κ3) is 4.03. The van der Waals surface area contributed by atoms with E-state index in [0.717, 1.165) is 50.9 Å². The fourth-order valence-electron chi connectivity index (χ4n) is 3.82. The average molecular weight is 358 g/mol. The van der Waals surface area contributed by atoms with Gasteiger partial charge < -0.3 is 14.4 Å². The van der Waals surface area contributed by atoms with Gasteiger partial charge in [0.25, 0.3) is 5.91 Å². The molecule has 0 radical (unpaired) electrons. The second-order valence-corrected chi connectivity index (χ2v) is 8.77. The number of hydrogen-bond acceptors (Lipinski definition) is 4. The van der Waals surface area contributed by atoms with Gasteiger partial charge in [0.05, 0.1) is 6.10 Å². The topological polar surface area (TPSA) is 51.7 Å². The van der Waals surface area contributed by atoms with Crippen LogP contribution in [0.25, 0.3) is 0 Å². The van der Waals surface area contributed by atoms with Crippen molar-refractivity contribution in [3.8, 4) is 5.88 Å². The molecule has 5 nitrogen and oxygen atoms in total. The molecule has 1 atom stereocenters. The number of aromatic nitrogens is 1. The summed E-state index contributed by atoms with van der Waals surface area (Å²) < 4.78 is 11.7. The molecule has 0 aromatic carbocycles. The molecule has 2 saturated heterocycles. The number of pyridine rings is 1. The summed E-state index contributed by atoms with van der Waals surface area (Å²) in [5.74, 6) is 1.22. The molecule has 1 aliphatic carbocycles. The van der Waals surface area contributed by atoms with Crippen molar-refractivity contribution in [3.05, 3.63) is 23.4 Å². The van der Waals surface area contributed by atoms with E-state index in [4.69, 9.17) is 9.47 Å². The van der Waals surface area contributed by atoms with Gasteiger partial charge in [0, 0.05) is 25.3 Å². The van der Waals surface area contributed by atoms with E-state index < -0.39 is 0 Å². The number of carbonyl (C=O) groups is 1. The van der Waals surface area contributed by atoms with Gasteiger partial charge in [0.1, 0.15) is 12.3 Å². The highest BCUT2D eigenvalue weighted by Crippen LogP contribution is 2.44. The van der Waals surface area contributed by atoms with E-state index in [9.17, 15) is 4.79 Å². The van der Waals surface area contributed by atoms with Gasteiger partial charge in [-0.05, 0) is 55.9 Å². The fraction of sp³-hybridized carbons (Fsp3) is 0.714. The van der Waals surface area contributed by atoms with Crippen LogP contribution >= 0.6 is 0 Å². The molecule has 3 aliphatic rings. The second kappa shape index (κ2) is 7.18. The van der Waals surface area contributed by atoms with Crippen LogP contribution in [-0.4, -0.2) is 48.2 Å². The SMILES string of the molecule is CC1(C)CCN(C(=O)c2ccc(C3CC3)c(OCC3CCCO3)n2)CC1. The van der Waals surface area contributed by atoms with Crippen molar-refractivity contribution in [2.24, 2.45) is 5.41 Å². The van der Waals surface area contributed by atoms with Crippen LogP contribution in [-0.2, 0) is 4.74 Å². The van der Waals surface area contributed by atoms with E-state index in [0.29, 0.717) is 29.5 Å². The van der Waals surface area contributed by atoms with Gasteiger partial charge in [-0.1, -0.05) is 19.9 Å². The van der Waals surface area contributed by atoms with Gasteiger partial charge in [0.2, 0.25) is 5.88 Å². The molecule has 0 N–H and O–H groups in total. The molecule has 4 rings (SSSR count). The number of rotatable bonds is 5. The summed E-state index contributed by atoms with van der Waals surface area (Å²) in [5.41, 5.74) is 1.99. The number of nitrogens with zero attached hydrogens (tertiary/aromatic N) is 2. The molecule has 142 valence electrons. The van der Waals surface area contributed by atoms with E-state index in [1.54, 1.807) is 0 Å². The first kappa shape index (κ1) is 17.8. The van der Waals surface area contributed by atoms with E-state index in [2.05, 4.69) is 24.9 Å². The molecule has 3 heterocycles. The Kier molecular flexibility index (Phi) is 4.91. The third-order valence-electron chi connectivity index (χ3n) is 5.96. The Morgan fingerprint density at radius 3 is 2.69 bits per heavy atom. The Morgan fingerprint density at radius 2 is 2.04 bits per heavy atom. The van der Waals surface area contributed by atoms with Crippen molar-refractivity contribution in [1.29, 1.82) is 0 Å². The molecule has 5 heteroatoms. The summed E-state index contributed by atoms with van der Waals surface area (Å²) in [7, 11) is 0. The maximum absolute atomic E-state index is 12.9. The number of ether oxygens (including phenoxy) is 2. The molecular formula is C21H30N2O3. The highest BCUT2D eigenvalue weighted by molar-refractivity contribution is 5.92. The van der Waals surface area contributed by atoms with Gasteiger partial charge >= 0.3 is 0 Å². The molecule has 0 bridgehead atoms. The lowest BCUT2D eigenvalue weighted by atomic mass is 9.82. The van der Waals surface area contributed by atoms with Crippen LogP contribution in [0.1, 0.15) is 74.3 Å². The van der Waals surface area contributed by atoms with Crippen LogP contribution in [0, 0.1) is 5.41 Å². The minimum atomic E-state index is 0.0322. The van der Waals surface area contributed by atoms with Crippen LogP contribution in [0.2, 0.25) is 0 Å². The van der Waals surface area contributed by atoms with Crippen molar-refractivity contribution < 1.29 is 14.3 Å². The summed E-state index contributed by atoms with van der Waals surface area (Å²) in [5, 5.41) is 0.